The normalized spacial score (nSPS) is 16.1. The van der Waals surface area contributed by atoms with Gasteiger partial charge in [0.25, 0.3) is 5.91 Å². The molecule has 1 N–H and O–H groups in total. The van der Waals surface area contributed by atoms with Crippen LogP contribution in [-0.4, -0.2) is 31.3 Å². The summed E-state index contributed by atoms with van der Waals surface area (Å²) >= 11 is 0. The molecule has 7 heteroatoms. The zero-order chi connectivity index (χ0) is 22.0. The van der Waals surface area contributed by atoms with E-state index < -0.39 is 10.0 Å². The third-order valence-electron chi connectivity index (χ3n) is 5.22. The van der Waals surface area contributed by atoms with Gasteiger partial charge in [0.05, 0.1) is 23.7 Å². The quantitative estimate of drug-likeness (QED) is 0.649. The maximum absolute atomic E-state index is 13.3. The standard InChI is InChI=1S/C24H23N3O3S/c1-17-10-6-7-13-19(17)23-16-22(20-14-8-9-15-21(20)26-31(2,29)30)25-27(23)24(28)18-11-4-3-5-12-18/h3-15,23,26H,16H2,1-2H3/t23-/m1/s1. The predicted octanol–water partition coefficient (Wildman–Crippen LogP) is 4.36. The first-order valence-corrected chi connectivity index (χ1v) is 11.8. The highest BCUT2D eigenvalue weighted by atomic mass is 32.2. The molecule has 1 aliphatic rings. The van der Waals surface area contributed by atoms with Crippen LogP contribution in [0.4, 0.5) is 5.69 Å². The van der Waals surface area contributed by atoms with Crippen LogP contribution in [0.5, 0.6) is 0 Å². The Bertz CT molecular complexity index is 1250. The Labute approximate surface area is 182 Å². The molecule has 0 aliphatic carbocycles. The van der Waals surface area contributed by atoms with E-state index in [9.17, 15) is 13.2 Å². The van der Waals surface area contributed by atoms with Crippen molar-refractivity contribution in [1.29, 1.82) is 0 Å². The SMILES string of the molecule is Cc1ccccc1[C@H]1CC(c2ccccc2NS(C)(=O)=O)=NN1C(=O)c1ccccc1. The van der Waals surface area contributed by atoms with Gasteiger partial charge in [-0.05, 0) is 36.2 Å². The Morgan fingerprint density at radius 1 is 0.968 bits per heavy atom. The van der Waals surface area contributed by atoms with Gasteiger partial charge in [0.15, 0.2) is 0 Å². The number of sulfonamides is 1. The van der Waals surface area contributed by atoms with Gasteiger partial charge in [0, 0.05) is 17.5 Å². The fourth-order valence-corrected chi connectivity index (χ4v) is 4.38. The molecule has 0 spiro atoms. The molecule has 0 aromatic heterocycles. The number of nitrogens with one attached hydrogen (secondary N) is 1. The van der Waals surface area contributed by atoms with E-state index in [4.69, 9.17) is 0 Å². The summed E-state index contributed by atoms with van der Waals surface area (Å²) in [5.41, 5.74) is 4.39. The molecule has 158 valence electrons. The maximum atomic E-state index is 13.3. The number of benzene rings is 3. The fourth-order valence-electron chi connectivity index (χ4n) is 3.80. The molecule has 1 aliphatic heterocycles. The lowest BCUT2D eigenvalue weighted by atomic mass is 9.94. The first kappa shape index (κ1) is 20.8. The van der Waals surface area contributed by atoms with Gasteiger partial charge in [-0.15, -0.1) is 0 Å². The molecule has 1 heterocycles. The Morgan fingerprint density at radius 3 is 2.32 bits per heavy atom. The highest BCUT2D eigenvalue weighted by molar-refractivity contribution is 7.92. The molecule has 31 heavy (non-hydrogen) atoms. The zero-order valence-electron chi connectivity index (χ0n) is 17.3. The first-order valence-electron chi connectivity index (χ1n) is 9.92. The second-order valence-corrected chi connectivity index (χ2v) is 9.31. The molecule has 0 bridgehead atoms. The molecule has 0 saturated carbocycles. The summed E-state index contributed by atoms with van der Waals surface area (Å²) in [6, 6.07) is 23.8. The number of hydrogen-bond acceptors (Lipinski definition) is 4. The molecule has 1 amide bonds. The van der Waals surface area contributed by atoms with Gasteiger partial charge in [-0.1, -0.05) is 60.7 Å². The number of hydrazone groups is 1. The average molecular weight is 434 g/mol. The number of nitrogens with zero attached hydrogens (tertiary/aromatic N) is 2. The van der Waals surface area contributed by atoms with Gasteiger partial charge in [0.2, 0.25) is 10.0 Å². The van der Waals surface area contributed by atoms with Crippen molar-refractivity contribution in [3.05, 3.63) is 101 Å². The van der Waals surface area contributed by atoms with Crippen molar-refractivity contribution in [2.45, 2.75) is 19.4 Å². The molecular weight excluding hydrogens is 410 g/mol. The third kappa shape index (κ3) is 4.51. The lowest BCUT2D eigenvalue weighted by molar-refractivity contribution is 0.0711. The molecule has 0 saturated heterocycles. The molecule has 0 unspecified atom stereocenters. The van der Waals surface area contributed by atoms with Crippen LogP contribution in [0.25, 0.3) is 0 Å². The number of anilines is 1. The van der Waals surface area contributed by atoms with Gasteiger partial charge in [-0.2, -0.15) is 5.10 Å². The Hall–Kier alpha value is -3.45. The van der Waals surface area contributed by atoms with E-state index in [2.05, 4.69) is 9.82 Å². The lowest BCUT2D eigenvalue weighted by Gasteiger charge is -2.23. The number of carbonyl (C=O) groups excluding carboxylic acids is 1. The third-order valence-corrected chi connectivity index (χ3v) is 5.81. The lowest BCUT2D eigenvalue weighted by Crippen LogP contribution is -2.27. The smallest absolute Gasteiger partial charge is 0.274 e. The average Bonchev–Trinajstić information content (AvgIpc) is 3.18. The number of aryl methyl sites for hydroxylation is 1. The highest BCUT2D eigenvalue weighted by Gasteiger charge is 2.35. The second kappa shape index (κ2) is 8.35. The summed E-state index contributed by atoms with van der Waals surface area (Å²) in [6.07, 6.45) is 1.59. The van der Waals surface area contributed by atoms with Gasteiger partial charge < -0.3 is 0 Å². The van der Waals surface area contributed by atoms with Crippen LogP contribution in [-0.2, 0) is 10.0 Å². The van der Waals surface area contributed by atoms with Crippen molar-refractivity contribution < 1.29 is 13.2 Å². The van der Waals surface area contributed by atoms with Crippen molar-refractivity contribution in [3.8, 4) is 0 Å². The summed E-state index contributed by atoms with van der Waals surface area (Å²) in [7, 11) is -3.46. The Morgan fingerprint density at radius 2 is 1.61 bits per heavy atom. The Balaban J connectivity index is 1.79. The number of carbonyl (C=O) groups is 1. The summed E-state index contributed by atoms with van der Waals surface area (Å²) in [6.45, 7) is 2.01. The van der Waals surface area contributed by atoms with Crippen LogP contribution in [0.3, 0.4) is 0 Å². The molecule has 1 atom stereocenters. The second-order valence-electron chi connectivity index (χ2n) is 7.56. The van der Waals surface area contributed by atoms with Crippen LogP contribution >= 0.6 is 0 Å². The minimum Gasteiger partial charge on any atom is -0.283 e. The minimum atomic E-state index is -3.46. The Kier molecular flexibility index (Phi) is 5.61. The predicted molar refractivity (Wildman–Crippen MR) is 123 cm³/mol. The summed E-state index contributed by atoms with van der Waals surface area (Å²) < 4.78 is 26.2. The fraction of sp³-hybridized carbons (Fsp3) is 0.167. The zero-order valence-corrected chi connectivity index (χ0v) is 18.1. The number of amides is 1. The van der Waals surface area contributed by atoms with Crippen molar-refractivity contribution in [2.75, 3.05) is 11.0 Å². The largest absolute Gasteiger partial charge is 0.283 e. The number of para-hydroxylation sites is 1. The van der Waals surface area contributed by atoms with Crippen molar-refractivity contribution in [2.24, 2.45) is 5.10 Å². The number of hydrogen-bond donors (Lipinski definition) is 1. The molecular formula is C24H23N3O3S. The summed E-state index contributed by atoms with van der Waals surface area (Å²) in [5, 5.41) is 6.21. The van der Waals surface area contributed by atoms with E-state index in [1.807, 2.05) is 61.5 Å². The van der Waals surface area contributed by atoms with E-state index in [1.165, 1.54) is 5.01 Å². The van der Waals surface area contributed by atoms with Crippen molar-refractivity contribution in [3.63, 3.8) is 0 Å². The van der Waals surface area contributed by atoms with E-state index in [-0.39, 0.29) is 11.9 Å². The maximum Gasteiger partial charge on any atom is 0.274 e. The van der Waals surface area contributed by atoms with Gasteiger partial charge in [0.1, 0.15) is 0 Å². The summed E-state index contributed by atoms with van der Waals surface area (Å²) in [5.74, 6) is -0.197. The molecule has 4 rings (SSSR count). The van der Waals surface area contributed by atoms with E-state index >= 15 is 0 Å². The summed E-state index contributed by atoms with van der Waals surface area (Å²) in [4.78, 5) is 13.3. The van der Waals surface area contributed by atoms with Crippen LogP contribution < -0.4 is 4.72 Å². The molecule has 3 aromatic rings. The van der Waals surface area contributed by atoms with Crippen LogP contribution in [0.1, 0.15) is 39.5 Å². The van der Waals surface area contributed by atoms with Crippen LogP contribution in [0, 0.1) is 6.92 Å². The number of rotatable bonds is 5. The molecule has 0 fully saturated rings. The van der Waals surface area contributed by atoms with Crippen LogP contribution in [0.15, 0.2) is 84.0 Å². The van der Waals surface area contributed by atoms with E-state index in [0.717, 1.165) is 17.4 Å². The van der Waals surface area contributed by atoms with Gasteiger partial charge in [-0.25, -0.2) is 13.4 Å². The molecule has 6 nitrogen and oxygen atoms in total. The van der Waals surface area contributed by atoms with Crippen molar-refractivity contribution >= 4 is 27.3 Å². The first-order chi connectivity index (χ1) is 14.8. The van der Waals surface area contributed by atoms with Crippen LogP contribution in [0.2, 0.25) is 0 Å². The molecule has 3 aromatic carbocycles. The minimum absolute atomic E-state index is 0.197. The highest BCUT2D eigenvalue weighted by Crippen LogP contribution is 2.36. The van der Waals surface area contributed by atoms with Gasteiger partial charge in [-0.3, -0.25) is 9.52 Å². The monoisotopic (exact) mass is 433 g/mol. The molecule has 0 radical (unpaired) electrons. The van der Waals surface area contributed by atoms with Crippen molar-refractivity contribution in [1.82, 2.24) is 5.01 Å². The van der Waals surface area contributed by atoms with E-state index in [1.54, 1.807) is 24.3 Å². The van der Waals surface area contributed by atoms with Gasteiger partial charge >= 0.3 is 0 Å². The van der Waals surface area contributed by atoms with E-state index in [0.29, 0.717) is 28.9 Å². The topological polar surface area (TPSA) is 78.8 Å².